The van der Waals surface area contributed by atoms with Crippen LogP contribution in [0.5, 0.6) is 5.75 Å². The van der Waals surface area contributed by atoms with Gasteiger partial charge in [-0.25, -0.2) is 13.8 Å². The van der Waals surface area contributed by atoms with Gasteiger partial charge in [0.05, 0.1) is 25.2 Å². The average Bonchev–Trinajstić information content (AvgIpc) is 3.28. The van der Waals surface area contributed by atoms with Crippen LogP contribution in [0.15, 0.2) is 89.8 Å². The van der Waals surface area contributed by atoms with E-state index in [9.17, 15) is 13.6 Å². The Morgan fingerprint density at radius 3 is 1.20 bits per heavy atom. The van der Waals surface area contributed by atoms with Gasteiger partial charge >= 0.3 is 7.12 Å². The summed E-state index contributed by atoms with van der Waals surface area (Å²) in [7, 11) is 65.1. The molecule has 0 fully saturated rings. The quantitative estimate of drug-likeness (QED) is 0.0374. The van der Waals surface area contributed by atoms with E-state index in [2.05, 4.69) is 196 Å². The zero-order valence-corrected chi connectivity index (χ0v) is 76.8. The van der Waals surface area contributed by atoms with Gasteiger partial charge in [0.1, 0.15) is 28.3 Å². The van der Waals surface area contributed by atoms with E-state index in [1.54, 1.807) is 67.8 Å². The molecule has 0 saturated carbocycles. The molecule has 2 aromatic carbocycles. The largest absolute Gasteiger partial charge is 0.497 e. The monoisotopic (exact) mass is 1710 g/mol. The molecule has 398 valence electrons. The Kier molecular flexibility index (Phi) is 52.4. The maximum Gasteiger partial charge on any atom is 0.488 e. The zero-order chi connectivity index (χ0) is 54.4. The molecule has 0 saturated heterocycles. The van der Waals surface area contributed by atoms with Crippen molar-refractivity contribution >= 4 is 331 Å². The van der Waals surface area contributed by atoms with E-state index in [4.69, 9.17) is 14.8 Å². The SMILES string of the molecule is COc1ccc(B(O)O)cc1.Fc1ccc(Br)nc1.O=Cc1ccc(-c2ccc(F)cn2)cc1.PPP(P(P)P)P(P(P(P)P)P(P)P)P(P(P(P)P)P(P)P)P(P(P(P)P)P(P)P)P(P(P)P)P(P)P. The molecule has 2 heterocycles. The van der Waals surface area contributed by atoms with E-state index in [0.29, 0.717) is 27.1 Å². The van der Waals surface area contributed by atoms with Crippen LogP contribution in [0.25, 0.3) is 11.3 Å². The van der Waals surface area contributed by atoms with Crippen LogP contribution in [-0.2, 0) is 0 Å². The highest BCUT2D eigenvalue weighted by Crippen LogP contribution is 3.41. The fourth-order valence-corrected chi connectivity index (χ4v) is 508. The average molecular weight is 1710 g/mol. The number of rotatable bonds is 21. The van der Waals surface area contributed by atoms with Crippen molar-refractivity contribution in [2.45, 2.75) is 0 Å². The molecule has 23 atom stereocenters. The number of pyridine rings is 2. The number of hydrogen-bond acceptors (Lipinski definition) is 6. The van der Waals surface area contributed by atoms with Crippen molar-refractivity contribution in [1.29, 1.82) is 0 Å². The van der Waals surface area contributed by atoms with Gasteiger partial charge in [0, 0.05) is 11.1 Å². The second kappa shape index (κ2) is 45.7. The minimum absolute atomic E-state index is 0.00189. The first kappa shape index (κ1) is 81.5. The molecule has 2 aromatic heterocycles. The summed E-state index contributed by atoms with van der Waals surface area (Å²) in [6.45, 7) is -0.916. The van der Waals surface area contributed by atoms with E-state index in [0.717, 1.165) is 26.0 Å². The number of halogens is 3. The number of carbonyl (C=O) groups is 1. The van der Waals surface area contributed by atoms with Crippen molar-refractivity contribution in [3.8, 4) is 17.0 Å². The summed E-state index contributed by atoms with van der Waals surface area (Å²) in [6.07, 6.45) is 3.11. The third-order valence-corrected chi connectivity index (χ3v) is 257. The summed E-state index contributed by atoms with van der Waals surface area (Å²) in [5.74, 6) is 0.0332. The lowest BCUT2D eigenvalue weighted by Crippen LogP contribution is -2.29. The third-order valence-electron chi connectivity index (χ3n) is 7.29. The summed E-state index contributed by atoms with van der Waals surface area (Å²) in [4.78, 5) is 18.0. The van der Waals surface area contributed by atoms with Crippen LogP contribution in [0.3, 0.4) is 0 Å². The lowest BCUT2D eigenvalue weighted by Gasteiger charge is -2.55. The molecule has 0 amide bonds. The maximum absolute atomic E-state index is 12.6. The van der Waals surface area contributed by atoms with Crippen LogP contribution >= 0.6 is 312 Å². The number of aromatic nitrogens is 2. The molecule has 23 unspecified atom stereocenters. The highest BCUT2D eigenvalue weighted by Gasteiger charge is 2.54. The third kappa shape index (κ3) is 31.4. The van der Waals surface area contributed by atoms with Crippen LogP contribution in [-0.4, -0.2) is 40.5 Å². The molecule has 0 bridgehead atoms. The molecule has 0 radical (unpaired) electrons. The smallest absolute Gasteiger partial charge is 0.488 e. The first-order valence-corrected chi connectivity index (χ1v) is 85.8. The van der Waals surface area contributed by atoms with E-state index < -0.39 is 7.12 Å². The highest BCUT2D eigenvalue weighted by molar-refractivity contribution is 9.47. The Labute approximate surface area is 495 Å². The number of benzene rings is 2. The molecular weight excluding hydrogens is 1660 g/mol. The fourth-order valence-electron chi connectivity index (χ4n) is 4.49. The van der Waals surface area contributed by atoms with Gasteiger partial charge in [-0.3, -0.25) is 9.78 Å². The summed E-state index contributed by atoms with van der Waals surface area (Å²) in [5, 5.41) is 17.4. The Hall–Kier alpha value is 12.4. The van der Waals surface area contributed by atoms with E-state index >= 15 is 0 Å². The number of methoxy groups -OCH3 is 1. The van der Waals surface area contributed by atoms with E-state index in [1.807, 2.05) is 0 Å². The van der Waals surface area contributed by atoms with Gasteiger partial charge in [-0.05, 0) is 177 Å². The Bertz CT molecular complexity index is 1990. The molecule has 2 N–H and O–H groups in total. The van der Waals surface area contributed by atoms with E-state index in [1.165, 1.54) is 18.3 Å². The van der Waals surface area contributed by atoms with Gasteiger partial charge in [-0.1, -0.05) is 44.4 Å². The minimum Gasteiger partial charge on any atom is -0.497 e. The van der Waals surface area contributed by atoms with E-state index in [-0.39, 0.29) is 130 Å². The normalized spacial score (nSPS) is 13.3. The van der Waals surface area contributed by atoms with Crippen molar-refractivity contribution in [3.05, 3.63) is 107 Å². The van der Waals surface area contributed by atoms with Gasteiger partial charge in [0.15, 0.2) is 0 Å². The second-order valence-corrected chi connectivity index (χ2v) is 162. The summed E-state index contributed by atoms with van der Waals surface area (Å²) in [5.41, 5.74) is 2.63. The number of ether oxygens (including phenoxy) is 1. The number of hydrogen-bond donors (Lipinski definition) is 2. The van der Waals surface area contributed by atoms with Crippen LogP contribution in [0.1, 0.15) is 10.4 Å². The Balaban J connectivity index is 0.000000587. The molecule has 0 aliphatic carbocycles. The van der Waals surface area contributed by atoms with Gasteiger partial charge in [0.25, 0.3) is 0 Å². The molecule has 4 rings (SSSR count). The Morgan fingerprint density at radius 1 is 0.535 bits per heavy atom. The van der Waals surface area contributed by atoms with Crippen molar-refractivity contribution in [1.82, 2.24) is 9.97 Å². The number of carbonyl (C=O) groups excluding carboxylic acids is 1. The lowest BCUT2D eigenvalue weighted by molar-refractivity contribution is 0.112. The number of nitrogens with zero attached hydrogens (tertiary/aromatic N) is 2. The molecule has 0 aliphatic rings. The van der Waals surface area contributed by atoms with Gasteiger partial charge in [-0.2, -0.15) is 0 Å². The molecule has 0 aliphatic heterocycles. The molecule has 71 heavy (non-hydrogen) atoms. The predicted molar refractivity (Wildman–Crippen MR) is 440 cm³/mol. The second-order valence-electron chi connectivity index (χ2n) is 12.3. The van der Waals surface area contributed by atoms with Crippen LogP contribution < -0.4 is 10.2 Å². The van der Waals surface area contributed by atoms with Crippen LogP contribution in [0, 0.1) is 11.6 Å². The van der Waals surface area contributed by atoms with Crippen molar-refractivity contribution in [3.63, 3.8) is 0 Å². The van der Waals surface area contributed by atoms with Gasteiger partial charge < -0.3 is 14.8 Å². The van der Waals surface area contributed by atoms with Crippen LogP contribution in [0.2, 0.25) is 0 Å². The predicted octanol–water partition coefficient (Wildman–Crippen LogP) is 25.5. The molecule has 6 nitrogen and oxygen atoms in total. The summed E-state index contributed by atoms with van der Waals surface area (Å²) >= 11 is 3.07. The molecule has 47 heteroatoms. The van der Waals surface area contributed by atoms with Crippen molar-refractivity contribution in [2.75, 3.05) is 7.11 Å². The summed E-state index contributed by atoms with van der Waals surface area (Å²) < 4.78 is 30.2. The maximum atomic E-state index is 12.6. The topological polar surface area (TPSA) is 92.5 Å². The highest BCUT2D eigenvalue weighted by atomic mass is 79.9. The zero-order valence-electron chi connectivity index (χ0n) is 37.0. The molecule has 0 spiro atoms. The lowest BCUT2D eigenvalue weighted by atomic mass is 9.80. The molecular formula is C24H59BBrF2N2O4P37. The van der Waals surface area contributed by atoms with Crippen molar-refractivity contribution < 1.29 is 28.4 Å². The number of aldehydes is 1. The first-order chi connectivity index (χ1) is 33.2. The molecule has 4 aromatic rings. The van der Waals surface area contributed by atoms with Crippen LogP contribution in [0.4, 0.5) is 8.78 Å². The fraction of sp³-hybridized carbons (Fsp3) is 0.0417. The van der Waals surface area contributed by atoms with Crippen molar-refractivity contribution in [2.24, 2.45) is 0 Å². The van der Waals surface area contributed by atoms with Gasteiger partial charge in [-0.15, -0.1) is 170 Å². The van der Waals surface area contributed by atoms with Gasteiger partial charge in [0.2, 0.25) is 0 Å². The standard InChI is InChI=1S/C12H8FNO.C7H9BO3.C5H3BrFN.H39P37/c13-11-5-6-12(14-7-11)10-3-1-9(8-15)2-4-10;1-11-7-4-2-6(3-5-7)8(9)10;6-5-2-1-4(7)3-8-5;1-20-30(21(2)3)35(31(22(4)5)23(6)7)37(34(28(16)17)29(18)19)36(32(24(8)9)25(10)11)33(26(12)13)27(14)15/h1-8H;2-5,9-10H,1H3;1-3H;20H,1-19H2. The Morgan fingerprint density at radius 2 is 0.915 bits per heavy atom. The summed E-state index contributed by atoms with van der Waals surface area (Å²) in [6, 6.07) is 19.4. The first-order valence-electron chi connectivity index (χ1n) is 18.1. The minimum atomic E-state index is -1.40.